The van der Waals surface area contributed by atoms with Gasteiger partial charge in [-0.3, -0.25) is 9.59 Å². The van der Waals surface area contributed by atoms with Crippen molar-refractivity contribution in [3.63, 3.8) is 0 Å². The smallest absolute Gasteiger partial charge is 0.409 e. The number of piperazine rings is 1. The number of ether oxygens (including phenoxy) is 2. The van der Waals surface area contributed by atoms with Crippen molar-refractivity contribution in [2.75, 3.05) is 44.7 Å². The van der Waals surface area contributed by atoms with E-state index in [-0.39, 0.29) is 24.5 Å². The molecule has 2 aliphatic heterocycles. The van der Waals surface area contributed by atoms with Gasteiger partial charge in [0.1, 0.15) is 5.75 Å². The van der Waals surface area contributed by atoms with Crippen LogP contribution in [0.25, 0.3) is 0 Å². The fourth-order valence-electron chi connectivity index (χ4n) is 3.05. The summed E-state index contributed by atoms with van der Waals surface area (Å²) in [5.41, 5.74) is 1.61. The first-order valence-electron chi connectivity index (χ1n) is 8.82. The van der Waals surface area contributed by atoms with Gasteiger partial charge in [-0.2, -0.15) is 0 Å². The van der Waals surface area contributed by atoms with E-state index in [1.54, 1.807) is 16.7 Å². The molecule has 26 heavy (non-hydrogen) atoms. The van der Waals surface area contributed by atoms with E-state index in [2.05, 4.69) is 5.32 Å². The summed E-state index contributed by atoms with van der Waals surface area (Å²) in [5, 5.41) is 2.77. The molecule has 0 unspecified atom stereocenters. The first kappa shape index (κ1) is 18.0. The highest BCUT2D eigenvalue weighted by atomic mass is 16.6. The number of fused-ring (bicyclic) bond motifs is 1. The number of benzene rings is 1. The lowest BCUT2D eigenvalue weighted by Crippen LogP contribution is -2.50. The summed E-state index contributed by atoms with van der Waals surface area (Å²) >= 11 is 0. The van der Waals surface area contributed by atoms with Crippen LogP contribution in [-0.2, 0) is 20.7 Å². The Balaban J connectivity index is 1.48. The second kappa shape index (κ2) is 8.07. The molecule has 1 aromatic rings. The fourth-order valence-corrected chi connectivity index (χ4v) is 3.05. The summed E-state index contributed by atoms with van der Waals surface area (Å²) in [6, 6.07) is 5.56. The van der Waals surface area contributed by atoms with E-state index in [4.69, 9.17) is 9.47 Å². The zero-order valence-electron chi connectivity index (χ0n) is 14.8. The number of carbonyl (C=O) groups excluding carboxylic acids is 3. The Morgan fingerprint density at radius 1 is 1.19 bits per heavy atom. The van der Waals surface area contributed by atoms with Crippen LogP contribution in [0.15, 0.2) is 18.2 Å². The van der Waals surface area contributed by atoms with E-state index in [0.29, 0.717) is 57.1 Å². The molecule has 0 aromatic heterocycles. The van der Waals surface area contributed by atoms with Crippen LogP contribution < -0.4 is 10.1 Å². The topological polar surface area (TPSA) is 88.2 Å². The molecule has 0 aliphatic carbocycles. The summed E-state index contributed by atoms with van der Waals surface area (Å²) in [6.07, 6.45) is 0.644. The van der Waals surface area contributed by atoms with Gasteiger partial charge in [0.2, 0.25) is 5.91 Å². The molecule has 2 heterocycles. The standard InChI is InChI=1S/C18H23N3O5/c1-2-25-18(24)21-9-7-20(8-10-21)17(23)6-4-13-3-5-15-14(11-13)19-16(22)12-26-15/h3,5,11H,2,4,6-10,12H2,1H3,(H,19,22). The van der Waals surface area contributed by atoms with Gasteiger partial charge in [0.15, 0.2) is 6.61 Å². The summed E-state index contributed by atoms with van der Waals surface area (Å²) in [7, 11) is 0. The van der Waals surface area contributed by atoms with Gasteiger partial charge >= 0.3 is 6.09 Å². The van der Waals surface area contributed by atoms with E-state index in [1.807, 2.05) is 18.2 Å². The largest absolute Gasteiger partial charge is 0.482 e. The summed E-state index contributed by atoms with van der Waals surface area (Å²) in [4.78, 5) is 38.9. The van der Waals surface area contributed by atoms with Gasteiger partial charge in [-0.1, -0.05) is 6.07 Å². The van der Waals surface area contributed by atoms with Gasteiger partial charge in [-0.15, -0.1) is 0 Å². The number of rotatable bonds is 4. The lowest BCUT2D eigenvalue weighted by atomic mass is 10.1. The molecule has 8 heteroatoms. The Hall–Kier alpha value is -2.77. The molecule has 140 valence electrons. The molecule has 0 atom stereocenters. The molecule has 1 saturated heterocycles. The molecule has 0 radical (unpaired) electrons. The molecule has 8 nitrogen and oxygen atoms in total. The highest BCUT2D eigenvalue weighted by Crippen LogP contribution is 2.28. The van der Waals surface area contributed by atoms with Crippen molar-refractivity contribution >= 4 is 23.6 Å². The quantitative estimate of drug-likeness (QED) is 0.872. The van der Waals surface area contributed by atoms with Crippen molar-refractivity contribution in [2.45, 2.75) is 19.8 Å². The van der Waals surface area contributed by atoms with E-state index >= 15 is 0 Å². The van der Waals surface area contributed by atoms with Crippen LogP contribution in [0, 0.1) is 0 Å². The molecule has 0 spiro atoms. The van der Waals surface area contributed by atoms with Gasteiger partial charge in [-0.05, 0) is 31.0 Å². The van der Waals surface area contributed by atoms with E-state index < -0.39 is 0 Å². The van der Waals surface area contributed by atoms with E-state index in [1.165, 1.54) is 0 Å². The number of carbonyl (C=O) groups is 3. The molecule has 1 N–H and O–H groups in total. The van der Waals surface area contributed by atoms with Gasteiger partial charge in [-0.25, -0.2) is 4.79 Å². The van der Waals surface area contributed by atoms with Crippen LogP contribution in [0.4, 0.5) is 10.5 Å². The zero-order chi connectivity index (χ0) is 18.5. The normalized spacial score (nSPS) is 16.4. The molecule has 1 fully saturated rings. The van der Waals surface area contributed by atoms with Crippen molar-refractivity contribution in [3.05, 3.63) is 23.8 Å². The first-order valence-corrected chi connectivity index (χ1v) is 8.82. The number of aryl methyl sites for hydroxylation is 1. The number of nitrogens with one attached hydrogen (secondary N) is 1. The van der Waals surface area contributed by atoms with Gasteiger partial charge < -0.3 is 24.6 Å². The minimum Gasteiger partial charge on any atom is -0.482 e. The van der Waals surface area contributed by atoms with Crippen LogP contribution in [0.2, 0.25) is 0 Å². The average Bonchev–Trinajstić information content (AvgIpc) is 2.66. The minimum atomic E-state index is -0.321. The third kappa shape index (κ3) is 4.25. The Bertz CT molecular complexity index is 698. The van der Waals surface area contributed by atoms with Gasteiger partial charge in [0.05, 0.1) is 12.3 Å². The van der Waals surface area contributed by atoms with Crippen LogP contribution in [0.1, 0.15) is 18.9 Å². The second-order valence-electron chi connectivity index (χ2n) is 6.23. The van der Waals surface area contributed by atoms with Crippen molar-refractivity contribution in [1.29, 1.82) is 0 Å². The van der Waals surface area contributed by atoms with Crippen LogP contribution in [0.3, 0.4) is 0 Å². The third-order valence-electron chi connectivity index (χ3n) is 4.46. The summed E-state index contributed by atoms with van der Waals surface area (Å²) in [6.45, 7) is 4.18. The van der Waals surface area contributed by atoms with E-state index in [9.17, 15) is 14.4 Å². The number of nitrogens with zero attached hydrogens (tertiary/aromatic N) is 2. The number of hydrogen-bond acceptors (Lipinski definition) is 5. The SMILES string of the molecule is CCOC(=O)N1CCN(C(=O)CCc2ccc3c(c2)NC(=O)CO3)CC1. The third-order valence-corrected chi connectivity index (χ3v) is 4.46. The minimum absolute atomic E-state index is 0.0304. The first-order chi connectivity index (χ1) is 12.6. The van der Waals surface area contributed by atoms with Crippen molar-refractivity contribution in [3.8, 4) is 5.75 Å². The predicted molar refractivity (Wildman–Crippen MR) is 94.1 cm³/mol. The number of hydrogen-bond donors (Lipinski definition) is 1. The maximum Gasteiger partial charge on any atom is 0.409 e. The number of amides is 3. The molecule has 1 aromatic carbocycles. The molecule has 0 saturated carbocycles. The molecule has 2 aliphatic rings. The average molecular weight is 361 g/mol. The Morgan fingerprint density at radius 3 is 2.65 bits per heavy atom. The van der Waals surface area contributed by atoms with E-state index in [0.717, 1.165) is 5.56 Å². The fraction of sp³-hybridized carbons (Fsp3) is 0.500. The monoisotopic (exact) mass is 361 g/mol. The Labute approximate surface area is 152 Å². The zero-order valence-corrected chi connectivity index (χ0v) is 14.8. The molecule has 3 amide bonds. The summed E-state index contributed by atoms with van der Waals surface area (Å²) < 4.78 is 10.3. The highest BCUT2D eigenvalue weighted by molar-refractivity contribution is 5.95. The Kier molecular flexibility index (Phi) is 5.60. The maximum absolute atomic E-state index is 12.4. The molecular weight excluding hydrogens is 338 g/mol. The highest BCUT2D eigenvalue weighted by Gasteiger charge is 2.24. The maximum atomic E-state index is 12.4. The van der Waals surface area contributed by atoms with Crippen molar-refractivity contribution in [1.82, 2.24) is 9.80 Å². The summed E-state index contributed by atoms with van der Waals surface area (Å²) in [5.74, 6) is 0.534. The lowest BCUT2D eigenvalue weighted by Gasteiger charge is -2.34. The van der Waals surface area contributed by atoms with Crippen LogP contribution >= 0.6 is 0 Å². The lowest BCUT2D eigenvalue weighted by molar-refractivity contribution is -0.132. The second-order valence-corrected chi connectivity index (χ2v) is 6.23. The molecule has 0 bridgehead atoms. The van der Waals surface area contributed by atoms with Gasteiger partial charge in [0.25, 0.3) is 5.91 Å². The number of anilines is 1. The molecule has 3 rings (SSSR count). The molecular formula is C18H23N3O5. The van der Waals surface area contributed by atoms with Gasteiger partial charge in [0, 0.05) is 32.6 Å². The van der Waals surface area contributed by atoms with Crippen molar-refractivity contribution < 1.29 is 23.9 Å². The van der Waals surface area contributed by atoms with Crippen LogP contribution in [0.5, 0.6) is 5.75 Å². The van der Waals surface area contributed by atoms with Crippen molar-refractivity contribution in [2.24, 2.45) is 0 Å². The predicted octanol–water partition coefficient (Wildman–Crippen LogP) is 1.25. The Morgan fingerprint density at radius 2 is 1.92 bits per heavy atom. The van der Waals surface area contributed by atoms with Crippen LogP contribution in [-0.4, -0.2) is 67.1 Å².